The first-order valence-corrected chi connectivity index (χ1v) is 8.35. The minimum atomic E-state index is 0.414. The molecule has 1 aromatic heterocycles. The van der Waals surface area contributed by atoms with Gasteiger partial charge in [-0.25, -0.2) is 0 Å². The fourth-order valence-electron chi connectivity index (χ4n) is 2.43. The van der Waals surface area contributed by atoms with Crippen molar-refractivity contribution < 1.29 is 0 Å². The molecule has 0 fully saturated rings. The number of nitrogens with one attached hydrogen (secondary N) is 1. The lowest BCUT2D eigenvalue weighted by Gasteiger charge is -2.25. The van der Waals surface area contributed by atoms with Gasteiger partial charge in [-0.05, 0) is 77.1 Å². The van der Waals surface area contributed by atoms with Crippen LogP contribution in [0.1, 0.15) is 29.3 Å². The molecule has 0 radical (unpaired) electrons. The van der Waals surface area contributed by atoms with Gasteiger partial charge in [0.15, 0.2) is 0 Å². The molecule has 1 aliphatic rings. The Labute approximate surface area is 130 Å². The van der Waals surface area contributed by atoms with E-state index in [9.17, 15) is 0 Å². The van der Waals surface area contributed by atoms with Crippen LogP contribution >= 0.6 is 45.5 Å². The van der Waals surface area contributed by atoms with E-state index in [1.165, 1.54) is 33.3 Å². The molecule has 1 unspecified atom stereocenters. The number of halogens is 2. The van der Waals surface area contributed by atoms with E-state index in [-0.39, 0.29) is 0 Å². The van der Waals surface area contributed by atoms with E-state index in [4.69, 9.17) is 11.6 Å². The number of rotatable bonds is 2. The average Bonchev–Trinajstić information content (AvgIpc) is 2.82. The van der Waals surface area contributed by atoms with E-state index >= 15 is 0 Å². The highest BCUT2D eigenvalue weighted by Gasteiger charge is 2.21. The Kier molecular flexibility index (Phi) is 3.82. The first-order valence-electron chi connectivity index (χ1n) is 6.02. The standard InChI is InChI=1S/C14H13ClINS/c15-11-8-9(16)4-5-13(11)17-12-2-1-3-14-10(12)6-7-18-14/h4-8,12,17H,1-3H2. The van der Waals surface area contributed by atoms with E-state index in [1.54, 1.807) is 0 Å². The SMILES string of the molecule is Clc1cc(I)ccc1NC1CCCc2sccc21. The van der Waals surface area contributed by atoms with Crippen molar-refractivity contribution in [1.29, 1.82) is 0 Å². The number of hydrogen-bond acceptors (Lipinski definition) is 2. The molecule has 1 nitrogen and oxygen atoms in total. The van der Waals surface area contributed by atoms with Crippen LogP contribution in [0.3, 0.4) is 0 Å². The van der Waals surface area contributed by atoms with Crippen molar-refractivity contribution in [3.05, 3.63) is 48.7 Å². The Morgan fingerprint density at radius 1 is 1.33 bits per heavy atom. The molecule has 1 aliphatic carbocycles. The van der Waals surface area contributed by atoms with E-state index < -0.39 is 0 Å². The topological polar surface area (TPSA) is 12.0 Å². The van der Waals surface area contributed by atoms with E-state index in [2.05, 4.69) is 51.5 Å². The Balaban J connectivity index is 1.86. The van der Waals surface area contributed by atoms with Gasteiger partial charge in [0.05, 0.1) is 16.8 Å². The summed E-state index contributed by atoms with van der Waals surface area (Å²) in [7, 11) is 0. The van der Waals surface area contributed by atoms with E-state index in [0.29, 0.717) is 6.04 Å². The summed E-state index contributed by atoms with van der Waals surface area (Å²) < 4.78 is 1.17. The van der Waals surface area contributed by atoms with Crippen molar-refractivity contribution in [3.8, 4) is 0 Å². The lowest BCUT2D eigenvalue weighted by Crippen LogP contribution is -2.15. The van der Waals surface area contributed by atoms with Crippen molar-refractivity contribution in [2.75, 3.05) is 5.32 Å². The van der Waals surface area contributed by atoms with Gasteiger partial charge in [0.1, 0.15) is 0 Å². The summed E-state index contributed by atoms with van der Waals surface area (Å²) in [5, 5.41) is 6.59. The largest absolute Gasteiger partial charge is 0.377 e. The van der Waals surface area contributed by atoms with Gasteiger partial charge in [0.2, 0.25) is 0 Å². The zero-order valence-electron chi connectivity index (χ0n) is 9.75. The number of anilines is 1. The highest BCUT2D eigenvalue weighted by Crippen LogP contribution is 2.37. The van der Waals surface area contributed by atoms with E-state index in [0.717, 1.165) is 10.7 Å². The molecule has 1 N–H and O–H groups in total. The molecular formula is C14H13ClINS. The maximum Gasteiger partial charge on any atom is 0.0648 e. The van der Waals surface area contributed by atoms with Crippen molar-refractivity contribution in [2.45, 2.75) is 25.3 Å². The molecule has 1 atom stereocenters. The molecule has 0 saturated carbocycles. The second-order valence-electron chi connectivity index (χ2n) is 4.51. The predicted octanol–water partition coefficient (Wildman–Crippen LogP) is 5.50. The second kappa shape index (κ2) is 5.39. The van der Waals surface area contributed by atoms with Crippen molar-refractivity contribution in [1.82, 2.24) is 0 Å². The summed E-state index contributed by atoms with van der Waals surface area (Å²) >= 11 is 10.4. The number of thiophene rings is 1. The third-order valence-corrected chi connectivity index (χ3v) is 5.29. The van der Waals surface area contributed by atoms with Crippen LogP contribution in [0.5, 0.6) is 0 Å². The average molecular weight is 390 g/mol. The minimum absolute atomic E-state index is 0.414. The van der Waals surface area contributed by atoms with Crippen LogP contribution < -0.4 is 5.32 Å². The van der Waals surface area contributed by atoms with Gasteiger partial charge in [-0.3, -0.25) is 0 Å². The fraction of sp³-hybridized carbons (Fsp3) is 0.286. The Bertz CT molecular complexity index is 567. The molecule has 94 valence electrons. The molecule has 0 aliphatic heterocycles. The highest BCUT2D eigenvalue weighted by atomic mass is 127. The van der Waals surface area contributed by atoms with Gasteiger partial charge in [0, 0.05) is 8.45 Å². The Morgan fingerprint density at radius 3 is 3.06 bits per heavy atom. The Morgan fingerprint density at radius 2 is 2.22 bits per heavy atom. The smallest absolute Gasteiger partial charge is 0.0648 e. The lowest BCUT2D eigenvalue weighted by molar-refractivity contribution is 0.609. The van der Waals surface area contributed by atoms with Crippen LogP contribution in [0.4, 0.5) is 5.69 Å². The second-order valence-corrected chi connectivity index (χ2v) is 7.17. The molecule has 0 saturated heterocycles. The van der Waals surface area contributed by atoms with Gasteiger partial charge >= 0.3 is 0 Å². The maximum absolute atomic E-state index is 6.29. The summed E-state index contributed by atoms with van der Waals surface area (Å²) in [6.07, 6.45) is 3.67. The van der Waals surface area contributed by atoms with Crippen molar-refractivity contribution in [2.24, 2.45) is 0 Å². The monoisotopic (exact) mass is 389 g/mol. The quantitative estimate of drug-likeness (QED) is 0.669. The first kappa shape index (κ1) is 12.8. The van der Waals surface area contributed by atoms with Gasteiger partial charge in [-0.15, -0.1) is 11.3 Å². The third-order valence-electron chi connectivity index (χ3n) is 3.31. The summed E-state index contributed by atoms with van der Waals surface area (Å²) in [6, 6.07) is 8.83. The zero-order chi connectivity index (χ0) is 12.5. The normalized spacial score (nSPS) is 18.4. The summed E-state index contributed by atoms with van der Waals surface area (Å²) in [6.45, 7) is 0. The lowest BCUT2D eigenvalue weighted by atomic mass is 9.94. The summed E-state index contributed by atoms with van der Waals surface area (Å²) in [5.41, 5.74) is 2.50. The predicted molar refractivity (Wildman–Crippen MR) is 87.8 cm³/mol. The maximum atomic E-state index is 6.29. The van der Waals surface area contributed by atoms with Crippen LogP contribution in [0.25, 0.3) is 0 Å². The minimum Gasteiger partial charge on any atom is -0.377 e. The zero-order valence-corrected chi connectivity index (χ0v) is 13.5. The number of hydrogen-bond donors (Lipinski definition) is 1. The third kappa shape index (κ3) is 2.53. The summed E-state index contributed by atoms with van der Waals surface area (Å²) in [5.74, 6) is 0. The number of aryl methyl sites for hydroxylation is 1. The molecule has 0 bridgehead atoms. The van der Waals surface area contributed by atoms with Crippen LogP contribution in [-0.2, 0) is 6.42 Å². The highest BCUT2D eigenvalue weighted by molar-refractivity contribution is 14.1. The number of fused-ring (bicyclic) bond motifs is 1. The molecule has 18 heavy (non-hydrogen) atoms. The van der Waals surface area contributed by atoms with Crippen molar-refractivity contribution in [3.63, 3.8) is 0 Å². The fourth-order valence-corrected chi connectivity index (χ4v) is 4.33. The molecule has 3 rings (SSSR count). The van der Waals surface area contributed by atoms with Crippen molar-refractivity contribution >= 4 is 51.2 Å². The van der Waals surface area contributed by atoms with Crippen LogP contribution in [-0.4, -0.2) is 0 Å². The van der Waals surface area contributed by atoms with Gasteiger partial charge in [-0.2, -0.15) is 0 Å². The molecule has 1 aromatic carbocycles. The molecule has 1 heterocycles. The van der Waals surface area contributed by atoms with Crippen LogP contribution in [0, 0.1) is 3.57 Å². The molecule has 4 heteroatoms. The molecule has 0 spiro atoms. The van der Waals surface area contributed by atoms with Crippen LogP contribution in [0.2, 0.25) is 5.02 Å². The summed E-state index contributed by atoms with van der Waals surface area (Å²) in [4.78, 5) is 1.53. The number of benzene rings is 1. The molecule has 2 aromatic rings. The van der Waals surface area contributed by atoms with E-state index in [1.807, 2.05) is 17.4 Å². The molecular weight excluding hydrogens is 377 g/mol. The van der Waals surface area contributed by atoms with Gasteiger partial charge < -0.3 is 5.32 Å². The van der Waals surface area contributed by atoms with Gasteiger partial charge in [-0.1, -0.05) is 11.6 Å². The van der Waals surface area contributed by atoms with Gasteiger partial charge in [0.25, 0.3) is 0 Å². The molecule has 0 amide bonds. The van der Waals surface area contributed by atoms with Crippen LogP contribution in [0.15, 0.2) is 29.6 Å². The first-order chi connectivity index (χ1) is 8.74. The Hall–Kier alpha value is -0.260.